The van der Waals surface area contributed by atoms with E-state index in [2.05, 4.69) is 5.32 Å². The topological polar surface area (TPSA) is 74.7 Å². The van der Waals surface area contributed by atoms with Crippen molar-refractivity contribution in [1.29, 1.82) is 0 Å². The minimum absolute atomic E-state index is 0.000758. The van der Waals surface area contributed by atoms with Gasteiger partial charge in [-0.2, -0.15) is 0 Å². The minimum atomic E-state index is -0.420. The number of para-hydroxylation sites is 1. The third-order valence-corrected chi connectivity index (χ3v) is 7.28. The summed E-state index contributed by atoms with van der Waals surface area (Å²) >= 11 is 0. The summed E-state index contributed by atoms with van der Waals surface area (Å²) in [5, 5.41) is 3.46. The Morgan fingerprint density at radius 3 is 2.53 bits per heavy atom. The molecule has 7 nitrogen and oxygen atoms in total. The van der Waals surface area contributed by atoms with E-state index in [4.69, 9.17) is 0 Å². The zero-order valence-corrected chi connectivity index (χ0v) is 18.8. The highest BCUT2D eigenvalue weighted by molar-refractivity contribution is 6.03. The first-order chi connectivity index (χ1) is 16.6. The van der Waals surface area contributed by atoms with Gasteiger partial charge in [0.25, 0.3) is 11.5 Å². The number of likely N-dealkylation sites (tertiary alicyclic amines) is 1. The summed E-state index contributed by atoms with van der Waals surface area (Å²) < 4.78 is 1.86. The number of hydrogen-bond donors (Lipinski definition) is 1. The number of aromatic nitrogens is 1. The molecule has 0 radical (unpaired) electrons. The highest BCUT2D eigenvalue weighted by Gasteiger charge is 2.39. The van der Waals surface area contributed by atoms with Crippen LogP contribution >= 0.6 is 0 Å². The molecule has 2 aromatic carbocycles. The summed E-state index contributed by atoms with van der Waals surface area (Å²) in [6, 6.07) is 22.6. The number of pyridine rings is 1. The van der Waals surface area contributed by atoms with Crippen molar-refractivity contribution in [2.75, 3.05) is 25.0 Å². The molecule has 4 heterocycles. The quantitative estimate of drug-likeness (QED) is 0.660. The molecule has 172 valence electrons. The maximum atomic E-state index is 13.5. The van der Waals surface area contributed by atoms with Gasteiger partial charge in [-0.1, -0.05) is 48.5 Å². The molecule has 0 unspecified atom stereocenters. The van der Waals surface area contributed by atoms with Crippen LogP contribution in [0.15, 0.2) is 77.6 Å². The fraction of sp³-hybridized carbons (Fsp3) is 0.296. The Labute approximate surface area is 197 Å². The average Bonchev–Trinajstić information content (AvgIpc) is 2.86. The lowest BCUT2D eigenvalue weighted by Crippen LogP contribution is -2.53. The summed E-state index contributed by atoms with van der Waals surface area (Å²) in [5.74, 6) is 0.185. The number of anilines is 1. The molecule has 3 aromatic rings. The van der Waals surface area contributed by atoms with E-state index >= 15 is 0 Å². The normalized spacial score (nSPS) is 23.1. The predicted octanol–water partition coefficient (Wildman–Crippen LogP) is 3.06. The molecule has 7 heteroatoms. The van der Waals surface area contributed by atoms with E-state index in [0.29, 0.717) is 25.2 Å². The Hall–Kier alpha value is -3.87. The number of amides is 2. The summed E-state index contributed by atoms with van der Waals surface area (Å²) in [6.07, 6.45) is 0.563. The Morgan fingerprint density at radius 2 is 1.68 bits per heavy atom. The van der Waals surface area contributed by atoms with Crippen LogP contribution in [-0.2, 0) is 11.3 Å². The van der Waals surface area contributed by atoms with Gasteiger partial charge in [-0.15, -0.1) is 0 Å². The smallest absolute Gasteiger partial charge is 0.258 e. The molecular formula is C27H26N4O3. The Morgan fingerprint density at radius 1 is 0.882 bits per heavy atom. The lowest BCUT2D eigenvalue weighted by atomic mass is 9.83. The fourth-order valence-electron chi connectivity index (χ4n) is 5.70. The van der Waals surface area contributed by atoms with E-state index < -0.39 is 6.17 Å². The van der Waals surface area contributed by atoms with Crippen molar-refractivity contribution in [3.63, 3.8) is 0 Å². The molecule has 0 saturated carbocycles. The first-order valence-corrected chi connectivity index (χ1v) is 11.8. The number of nitrogens with one attached hydrogen (secondary N) is 1. The van der Waals surface area contributed by atoms with Crippen molar-refractivity contribution in [1.82, 2.24) is 14.4 Å². The van der Waals surface area contributed by atoms with Gasteiger partial charge >= 0.3 is 0 Å². The summed E-state index contributed by atoms with van der Waals surface area (Å²) in [5.41, 5.74) is 3.32. The van der Waals surface area contributed by atoms with Crippen LogP contribution in [0.5, 0.6) is 0 Å². The molecule has 2 amide bonds. The molecule has 3 aliphatic rings. The van der Waals surface area contributed by atoms with Crippen LogP contribution in [0.25, 0.3) is 0 Å². The molecule has 2 bridgehead atoms. The van der Waals surface area contributed by atoms with Gasteiger partial charge in [0.15, 0.2) is 0 Å². The standard InChI is InChI=1S/C27H26N4O3/c32-24-12-6-11-23-20-13-18(15-30(23)24)14-29(16-20)25(33)17-31-26(19-7-2-1-3-8-19)28-22-10-5-4-9-21(22)27(31)34/h1-12,18,20,26,28H,13-17H2/t18-,20+,26-/m0/s1. The van der Waals surface area contributed by atoms with Crippen LogP contribution < -0.4 is 10.9 Å². The Bertz CT molecular complexity index is 1320. The van der Waals surface area contributed by atoms with Crippen LogP contribution in [-0.4, -0.2) is 45.8 Å². The van der Waals surface area contributed by atoms with Crippen molar-refractivity contribution in [2.24, 2.45) is 5.92 Å². The predicted molar refractivity (Wildman–Crippen MR) is 128 cm³/mol. The third kappa shape index (κ3) is 3.48. The number of benzene rings is 2. The number of carbonyl (C=O) groups excluding carboxylic acids is 2. The number of piperidine rings is 1. The second-order valence-corrected chi connectivity index (χ2v) is 9.43. The molecule has 3 aliphatic heterocycles. The fourth-order valence-corrected chi connectivity index (χ4v) is 5.70. The van der Waals surface area contributed by atoms with Gasteiger partial charge in [-0.3, -0.25) is 14.4 Å². The van der Waals surface area contributed by atoms with Gasteiger partial charge in [0.1, 0.15) is 12.7 Å². The zero-order valence-electron chi connectivity index (χ0n) is 18.8. The molecule has 0 aliphatic carbocycles. The van der Waals surface area contributed by atoms with Crippen LogP contribution in [0.4, 0.5) is 5.69 Å². The van der Waals surface area contributed by atoms with E-state index in [0.717, 1.165) is 23.4 Å². The zero-order chi connectivity index (χ0) is 23.2. The molecule has 34 heavy (non-hydrogen) atoms. The van der Waals surface area contributed by atoms with Gasteiger partial charge < -0.3 is 19.7 Å². The Balaban J connectivity index is 1.27. The van der Waals surface area contributed by atoms with Crippen molar-refractivity contribution >= 4 is 17.5 Å². The largest absolute Gasteiger partial charge is 0.361 e. The monoisotopic (exact) mass is 454 g/mol. The van der Waals surface area contributed by atoms with Crippen molar-refractivity contribution in [3.05, 3.63) is 100.0 Å². The lowest BCUT2D eigenvalue weighted by molar-refractivity contribution is -0.135. The van der Waals surface area contributed by atoms with Crippen molar-refractivity contribution in [2.45, 2.75) is 25.0 Å². The third-order valence-electron chi connectivity index (χ3n) is 7.28. The molecule has 1 N–H and O–H groups in total. The maximum Gasteiger partial charge on any atom is 0.258 e. The first kappa shape index (κ1) is 20.7. The summed E-state index contributed by atoms with van der Waals surface area (Å²) in [4.78, 5) is 42.9. The highest BCUT2D eigenvalue weighted by Crippen LogP contribution is 2.36. The molecule has 0 spiro atoms. The van der Waals surface area contributed by atoms with Crippen LogP contribution in [0.2, 0.25) is 0 Å². The van der Waals surface area contributed by atoms with Crippen molar-refractivity contribution < 1.29 is 9.59 Å². The number of rotatable bonds is 3. The van der Waals surface area contributed by atoms with Crippen LogP contribution in [0.3, 0.4) is 0 Å². The number of fused-ring (bicyclic) bond motifs is 5. The minimum Gasteiger partial charge on any atom is -0.361 e. The van der Waals surface area contributed by atoms with Gasteiger partial charge in [-0.25, -0.2) is 0 Å². The van der Waals surface area contributed by atoms with E-state index in [1.807, 2.05) is 64.1 Å². The number of nitrogens with zero attached hydrogens (tertiary/aromatic N) is 3. The maximum absolute atomic E-state index is 13.5. The molecule has 1 fully saturated rings. The number of carbonyl (C=O) groups is 2. The van der Waals surface area contributed by atoms with Gasteiger partial charge in [0.2, 0.25) is 5.91 Å². The average molecular weight is 455 g/mol. The highest BCUT2D eigenvalue weighted by atomic mass is 16.2. The second kappa shape index (κ2) is 8.17. The van der Waals surface area contributed by atoms with Gasteiger partial charge in [-0.05, 0) is 36.1 Å². The van der Waals surface area contributed by atoms with Crippen LogP contribution in [0.1, 0.15) is 40.1 Å². The number of hydrogen-bond acceptors (Lipinski definition) is 4. The summed E-state index contributed by atoms with van der Waals surface area (Å²) in [6.45, 7) is 1.82. The van der Waals surface area contributed by atoms with Crippen molar-refractivity contribution in [3.8, 4) is 0 Å². The molecule has 6 rings (SSSR count). The molecule has 3 atom stereocenters. The summed E-state index contributed by atoms with van der Waals surface area (Å²) in [7, 11) is 0. The van der Waals surface area contributed by atoms with Gasteiger partial charge in [0, 0.05) is 43.0 Å². The van der Waals surface area contributed by atoms with Crippen LogP contribution in [0, 0.1) is 5.92 Å². The van der Waals surface area contributed by atoms with E-state index in [1.54, 1.807) is 23.1 Å². The van der Waals surface area contributed by atoms with E-state index in [9.17, 15) is 14.4 Å². The van der Waals surface area contributed by atoms with E-state index in [-0.39, 0.29) is 35.8 Å². The second-order valence-electron chi connectivity index (χ2n) is 9.43. The molecule has 1 saturated heterocycles. The Kier molecular flexibility index (Phi) is 4.98. The lowest BCUT2D eigenvalue weighted by Gasteiger charge is -2.44. The van der Waals surface area contributed by atoms with Gasteiger partial charge in [0.05, 0.1) is 5.56 Å². The molecular weight excluding hydrogens is 428 g/mol. The van der Waals surface area contributed by atoms with E-state index in [1.165, 1.54) is 0 Å². The SMILES string of the molecule is O=C(CN1C(=O)c2ccccc2N[C@@H]1c1ccccc1)N1C[C@@H]2C[C@H](C1)c1cccc(=O)n1C2. The first-order valence-electron chi connectivity index (χ1n) is 11.8. The molecule has 1 aromatic heterocycles.